The Balaban J connectivity index is 2.12. The lowest BCUT2D eigenvalue weighted by Gasteiger charge is -2.33. The number of hydrogen-bond donors (Lipinski definition) is 1. The Morgan fingerprint density at radius 3 is 2.63 bits per heavy atom. The van der Waals surface area contributed by atoms with Gasteiger partial charge in [0.05, 0.1) is 18.8 Å². The third-order valence-corrected chi connectivity index (χ3v) is 4.21. The first-order chi connectivity index (χ1) is 9.10. The van der Waals surface area contributed by atoms with Gasteiger partial charge < -0.3 is 14.8 Å². The van der Waals surface area contributed by atoms with Crippen LogP contribution in [0.5, 0.6) is 0 Å². The van der Waals surface area contributed by atoms with Crippen molar-refractivity contribution in [3.63, 3.8) is 0 Å². The Kier molecular flexibility index (Phi) is 5.25. The highest BCUT2D eigenvalue weighted by Crippen LogP contribution is 2.29. The molecule has 0 spiro atoms. The van der Waals surface area contributed by atoms with Crippen molar-refractivity contribution in [2.75, 3.05) is 12.4 Å². The maximum atomic E-state index is 5.78. The Morgan fingerprint density at radius 2 is 2.00 bits per heavy atom. The summed E-state index contributed by atoms with van der Waals surface area (Å²) in [7, 11) is 1.72. The molecule has 1 fully saturated rings. The smallest absolute Gasteiger partial charge is 0.0744 e. The molecule has 1 heterocycles. The molecule has 2 atom stereocenters. The fraction of sp³-hybridized carbons (Fsp3) is 0.600. The normalized spacial score (nSPS) is 27.3. The number of rotatable bonds is 4. The number of anilines is 1. The van der Waals surface area contributed by atoms with Gasteiger partial charge in [-0.25, -0.2) is 0 Å². The molecule has 0 saturated carbocycles. The summed E-state index contributed by atoms with van der Waals surface area (Å²) in [6, 6.07) is 6.68. The van der Waals surface area contributed by atoms with Gasteiger partial charge in [-0.3, -0.25) is 0 Å². The lowest BCUT2D eigenvalue weighted by molar-refractivity contribution is -0.0338. The molecule has 2 rings (SSSR count). The van der Waals surface area contributed by atoms with Crippen molar-refractivity contribution in [1.82, 2.24) is 0 Å². The average Bonchev–Trinajstić information content (AvgIpc) is 2.32. The summed E-state index contributed by atoms with van der Waals surface area (Å²) >= 11 is 3.59. The molecular formula is C15H22BrNO2. The number of halogens is 1. The van der Waals surface area contributed by atoms with Crippen molar-refractivity contribution >= 4 is 21.6 Å². The van der Waals surface area contributed by atoms with Gasteiger partial charge in [0.25, 0.3) is 0 Å². The van der Waals surface area contributed by atoms with E-state index in [1.54, 1.807) is 7.11 Å². The van der Waals surface area contributed by atoms with E-state index in [-0.39, 0.29) is 0 Å². The summed E-state index contributed by atoms with van der Waals surface area (Å²) in [5.41, 5.74) is 2.33. The monoisotopic (exact) mass is 327 g/mol. The van der Waals surface area contributed by atoms with Crippen LogP contribution >= 0.6 is 15.9 Å². The van der Waals surface area contributed by atoms with Crippen molar-refractivity contribution in [1.29, 1.82) is 0 Å². The molecule has 0 aliphatic carbocycles. The maximum Gasteiger partial charge on any atom is 0.0744 e. The van der Waals surface area contributed by atoms with Crippen molar-refractivity contribution < 1.29 is 9.47 Å². The summed E-state index contributed by atoms with van der Waals surface area (Å²) in [5.74, 6) is 0. The largest absolute Gasteiger partial charge is 0.382 e. The minimum Gasteiger partial charge on any atom is -0.382 e. The molecule has 2 unspecified atom stereocenters. The zero-order valence-electron chi connectivity index (χ0n) is 11.8. The minimum atomic E-state index is 0.319. The third-order valence-electron chi connectivity index (χ3n) is 3.46. The van der Waals surface area contributed by atoms with E-state index < -0.39 is 0 Å². The zero-order valence-corrected chi connectivity index (χ0v) is 13.4. The van der Waals surface area contributed by atoms with Gasteiger partial charge in [-0.1, -0.05) is 22.0 Å². The van der Waals surface area contributed by atoms with Gasteiger partial charge in [0.1, 0.15) is 0 Å². The van der Waals surface area contributed by atoms with Crippen molar-refractivity contribution in [2.24, 2.45) is 0 Å². The third kappa shape index (κ3) is 3.94. The second-order valence-electron chi connectivity index (χ2n) is 5.27. The van der Waals surface area contributed by atoms with Gasteiger partial charge in [-0.05, 0) is 38.8 Å². The lowest BCUT2D eigenvalue weighted by Crippen LogP contribution is -2.37. The number of hydrogen-bond acceptors (Lipinski definition) is 3. The Hall–Kier alpha value is -0.580. The number of benzene rings is 1. The summed E-state index contributed by atoms with van der Waals surface area (Å²) in [6.07, 6.45) is 2.73. The summed E-state index contributed by atoms with van der Waals surface area (Å²) < 4.78 is 12.2. The summed E-state index contributed by atoms with van der Waals surface area (Å²) in [5, 5.41) is 3.65. The molecule has 1 aliphatic heterocycles. The predicted octanol–water partition coefficient (Wildman–Crippen LogP) is 3.96. The van der Waals surface area contributed by atoms with Crippen LogP contribution in [0.15, 0.2) is 22.7 Å². The number of methoxy groups -OCH3 is 1. The van der Waals surface area contributed by atoms with Crippen molar-refractivity contribution in [3.8, 4) is 0 Å². The predicted molar refractivity (Wildman–Crippen MR) is 81.5 cm³/mol. The first-order valence-corrected chi connectivity index (χ1v) is 7.57. The molecule has 0 radical (unpaired) electrons. The average molecular weight is 328 g/mol. The van der Waals surface area contributed by atoms with E-state index >= 15 is 0 Å². The lowest BCUT2D eigenvalue weighted by atomic mass is 9.99. The highest BCUT2D eigenvalue weighted by atomic mass is 79.9. The van der Waals surface area contributed by atoms with Gasteiger partial charge in [0, 0.05) is 28.9 Å². The quantitative estimate of drug-likeness (QED) is 0.907. The second-order valence-corrected chi connectivity index (χ2v) is 6.12. The van der Waals surface area contributed by atoms with Crippen LogP contribution in [0.3, 0.4) is 0 Å². The van der Waals surface area contributed by atoms with E-state index in [4.69, 9.17) is 9.47 Å². The number of ether oxygens (including phenoxy) is 2. The standard InChI is InChI=1S/C15H22BrNO2/c1-10-7-12(8-11(2)19-10)17-15-6-4-5-14(16)13(15)9-18-3/h4-6,10-12,17H,7-9H2,1-3H3. The van der Waals surface area contributed by atoms with Crippen LogP contribution in [0.25, 0.3) is 0 Å². The highest BCUT2D eigenvalue weighted by molar-refractivity contribution is 9.10. The van der Waals surface area contributed by atoms with E-state index in [0.717, 1.165) is 23.0 Å². The fourth-order valence-electron chi connectivity index (χ4n) is 2.73. The molecule has 19 heavy (non-hydrogen) atoms. The van der Waals surface area contributed by atoms with Crippen LogP contribution in [-0.4, -0.2) is 25.4 Å². The van der Waals surface area contributed by atoms with Crippen molar-refractivity contribution in [3.05, 3.63) is 28.2 Å². The molecule has 1 aliphatic rings. The van der Waals surface area contributed by atoms with Crippen LogP contribution in [0.4, 0.5) is 5.69 Å². The van der Waals surface area contributed by atoms with E-state index in [1.165, 1.54) is 5.56 Å². The van der Waals surface area contributed by atoms with Gasteiger partial charge >= 0.3 is 0 Å². The van der Waals surface area contributed by atoms with Crippen LogP contribution in [0.2, 0.25) is 0 Å². The molecule has 106 valence electrons. The van der Waals surface area contributed by atoms with Gasteiger partial charge in [-0.2, -0.15) is 0 Å². The second kappa shape index (κ2) is 6.73. The minimum absolute atomic E-state index is 0.319. The molecular weight excluding hydrogens is 306 g/mol. The SMILES string of the molecule is COCc1c(Br)cccc1NC1CC(C)OC(C)C1. The van der Waals surface area contributed by atoms with Crippen LogP contribution < -0.4 is 5.32 Å². The van der Waals surface area contributed by atoms with E-state index in [1.807, 2.05) is 0 Å². The molecule has 1 aromatic rings. The van der Waals surface area contributed by atoms with Gasteiger partial charge in [0.2, 0.25) is 0 Å². The molecule has 1 aromatic carbocycles. The van der Waals surface area contributed by atoms with Crippen LogP contribution in [-0.2, 0) is 16.1 Å². The Labute approximate surface area is 123 Å². The Morgan fingerprint density at radius 1 is 1.32 bits per heavy atom. The molecule has 3 nitrogen and oxygen atoms in total. The van der Waals surface area contributed by atoms with E-state index in [0.29, 0.717) is 24.9 Å². The molecule has 0 aromatic heterocycles. The summed E-state index contributed by atoms with van der Waals surface area (Å²) in [4.78, 5) is 0. The zero-order chi connectivity index (χ0) is 13.8. The topological polar surface area (TPSA) is 30.5 Å². The van der Waals surface area contributed by atoms with Gasteiger partial charge in [-0.15, -0.1) is 0 Å². The summed E-state index contributed by atoms with van der Waals surface area (Å²) in [6.45, 7) is 4.89. The fourth-order valence-corrected chi connectivity index (χ4v) is 3.21. The molecule has 0 bridgehead atoms. The molecule has 1 saturated heterocycles. The molecule has 1 N–H and O–H groups in total. The van der Waals surface area contributed by atoms with Crippen LogP contribution in [0.1, 0.15) is 32.3 Å². The maximum absolute atomic E-state index is 5.78. The Bertz CT molecular complexity index is 415. The highest BCUT2D eigenvalue weighted by Gasteiger charge is 2.24. The van der Waals surface area contributed by atoms with E-state index in [2.05, 4.69) is 53.3 Å². The first-order valence-electron chi connectivity index (χ1n) is 6.78. The van der Waals surface area contributed by atoms with E-state index in [9.17, 15) is 0 Å². The first kappa shape index (κ1) is 14.8. The van der Waals surface area contributed by atoms with Crippen molar-refractivity contribution in [2.45, 2.75) is 51.5 Å². The molecule has 0 amide bonds. The molecule has 4 heteroatoms. The van der Waals surface area contributed by atoms with Crippen LogP contribution in [0, 0.1) is 0 Å². The van der Waals surface area contributed by atoms with Gasteiger partial charge in [0.15, 0.2) is 0 Å². The number of nitrogens with one attached hydrogen (secondary N) is 1.